The predicted molar refractivity (Wildman–Crippen MR) is 78.6 cm³/mol. The van der Waals surface area contributed by atoms with Gasteiger partial charge in [-0.15, -0.1) is 0 Å². The monoisotopic (exact) mass is 268 g/mol. The summed E-state index contributed by atoms with van der Waals surface area (Å²) in [6.45, 7) is 3.70. The molecular formula is C17H20N2O. The highest BCUT2D eigenvalue weighted by molar-refractivity contribution is 5.36. The molecule has 1 N–H and O–H groups in total. The molecule has 0 aliphatic heterocycles. The minimum atomic E-state index is -0.511. The van der Waals surface area contributed by atoms with Crippen LogP contribution < -0.4 is 0 Å². The summed E-state index contributed by atoms with van der Waals surface area (Å²) in [4.78, 5) is 9.16. The fourth-order valence-corrected chi connectivity index (χ4v) is 3.09. The number of aliphatic hydroxyl groups excluding tert-OH is 1. The SMILES string of the molecule is Cc1nc(C2CCCc3ccccc32)ncc1[C@H](C)O. The van der Waals surface area contributed by atoms with E-state index < -0.39 is 6.10 Å². The molecule has 1 aliphatic carbocycles. The maximum atomic E-state index is 9.68. The van der Waals surface area contributed by atoms with Crippen molar-refractivity contribution in [2.24, 2.45) is 0 Å². The summed E-state index contributed by atoms with van der Waals surface area (Å²) >= 11 is 0. The number of aromatic nitrogens is 2. The van der Waals surface area contributed by atoms with E-state index in [0.717, 1.165) is 29.9 Å². The van der Waals surface area contributed by atoms with E-state index >= 15 is 0 Å². The van der Waals surface area contributed by atoms with Crippen LogP contribution in [0.5, 0.6) is 0 Å². The van der Waals surface area contributed by atoms with Gasteiger partial charge in [0.25, 0.3) is 0 Å². The van der Waals surface area contributed by atoms with Crippen LogP contribution in [0.15, 0.2) is 30.5 Å². The number of rotatable bonds is 2. The van der Waals surface area contributed by atoms with Gasteiger partial charge in [-0.3, -0.25) is 0 Å². The average Bonchev–Trinajstić information content (AvgIpc) is 2.46. The van der Waals surface area contributed by atoms with Crippen molar-refractivity contribution < 1.29 is 5.11 Å². The highest BCUT2D eigenvalue weighted by atomic mass is 16.3. The number of fused-ring (bicyclic) bond motifs is 1. The summed E-state index contributed by atoms with van der Waals surface area (Å²) in [6.07, 6.45) is 4.70. The summed E-state index contributed by atoms with van der Waals surface area (Å²) < 4.78 is 0. The largest absolute Gasteiger partial charge is 0.389 e. The topological polar surface area (TPSA) is 46.0 Å². The number of hydrogen-bond donors (Lipinski definition) is 1. The summed E-state index contributed by atoms with van der Waals surface area (Å²) in [6, 6.07) is 8.59. The third kappa shape index (κ3) is 2.34. The molecule has 104 valence electrons. The summed E-state index contributed by atoms with van der Waals surface area (Å²) in [7, 11) is 0. The molecule has 3 heteroatoms. The molecule has 1 aliphatic rings. The Morgan fingerprint density at radius 2 is 2.10 bits per heavy atom. The third-order valence-corrected chi connectivity index (χ3v) is 4.17. The van der Waals surface area contributed by atoms with Crippen molar-refractivity contribution in [2.75, 3.05) is 0 Å². The molecule has 3 rings (SSSR count). The van der Waals surface area contributed by atoms with Crippen LogP contribution in [0.3, 0.4) is 0 Å². The molecule has 1 heterocycles. The van der Waals surface area contributed by atoms with Crippen LogP contribution in [-0.2, 0) is 6.42 Å². The Kier molecular flexibility index (Phi) is 3.53. The van der Waals surface area contributed by atoms with Crippen molar-refractivity contribution in [1.29, 1.82) is 0 Å². The van der Waals surface area contributed by atoms with Gasteiger partial charge in [0.1, 0.15) is 5.82 Å². The lowest BCUT2D eigenvalue weighted by atomic mass is 9.82. The Hall–Kier alpha value is -1.74. The fourth-order valence-electron chi connectivity index (χ4n) is 3.09. The van der Waals surface area contributed by atoms with Crippen LogP contribution in [0.25, 0.3) is 0 Å². The Morgan fingerprint density at radius 3 is 2.85 bits per heavy atom. The van der Waals surface area contributed by atoms with Crippen molar-refractivity contribution in [3.8, 4) is 0 Å². The molecule has 0 bridgehead atoms. The standard InChI is InChI=1S/C17H20N2O/c1-11-16(12(2)20)10-18-17(19-11)15-9-5-7-13-6-3-4-8-14(13)15/h3-4,6,8,10,12,15,20H,5,7,9H2,1-2H3/t12-,15?/m0/s1. The van der Waals surface area contributed by atoms with E-state index in [1.807, 2.05) is 6.92 Å². The third-order valence-electron chi connectivity index (χ3n) is 4.17. The van der Waals surface area contributed by atoms with Crippen LogP contribution in [0.1, 0.15) is 60.0 Å². The lowest BCUT2D eigenvalue weighted by molar-refractivity contribution is 0.197. The molecule has 1 unspecified atom stereocenters. The first-order valence-electron chi connectivity index (χ1n) is 7.26. The lowest BCUT2D eigenvalue weighted by Gasteiger charge is -2.24. The Bertz CT molecular complexity index is 622. The number of hydrogen-bond acceptors (Lipinski definition) is 3. The minimum Gasteiger partial charge on any atom is -0.389 e. The van der Waals surface area contributed by atoms with E-state index in [2.05, 4.69) is 34.2 Å². The predicted octanol–water partition coefficient (Wildman–Crippen LogP) is 3.31. The van der Waals surface area contributed by atoms with Gasteiger partial charge in [-0.25, -0.2) is 9.97 Å². The average molecular weight is 268 g/mol. The van der Waals surface area contributed by atoms with Gasteiger partial charge in [-0.1, -0.05) is 24.3 Å². The molecule has 0 radical (unpaired) electrons. The zero-order valence-corrected chi connectivity index (χ0v) is 12.0. The first-order chi connectivity index (χ1) is 9.66. The fraction of sp³-hybridized carbons (Fsp3) is 0.412. The van der Waals surface area contributed by atoms with Crippen LogP contribution in [0.2, 0.25) is 0 Å². The molecule has 0 fully saturated rings. The van der Waals surface area contributed by atoms with Gasteiger partial charge in [-0.2, -0.15) is 0 Å². The van der Waals surface area contributed by atoms with Crippen LogP contribution in [0, 0.1) is 6.92 Å². The summed E-state index contributed by atoms with van der Waals surface area (Å²) in [5.41, 5.74) is 4.48. The maximum absolute atomic E-state index is 9.68. The van der Waals surface area contributed by atoms with E-state index in [9.17, 15) is 5.11 Å². The molecule has 2 aromatic rings. The van der Waals surface area contributed by atoms with Crippen LogP contribution in [-0.4, -0.2) is 15.1 Å². The van der Waals surface area contributed by atoms with Crippen molar-refractivity contribution in [1.82, 2.24) is 9.97 Å². The van der Waals surface area contributed by atoms with Gasteiger partial charge >= 0.3 is 0 Å². The molecule has 3 nitrogen and oxygen atoms in total. The zero-order chi connectivity index (χ0) is 14.1. The normalized spacial score (nSPS) is 19.4. The Morgan fingerprint density at radius 1 is 1.30 bits per heavy atom. The van der Waals surface area contributed by atoms with Gasteiger partial charge < -0.3 is 5.11 Å². The van der Waals surface area contributed by atoms with Crippen molar-refractivity contribution in [2.45, 2.75) is 45.1 Å². The van der Waals surface area contributed by atoms with Gasteiger partial charge in [0.2, 0.25) is 0 Å². The van der Waals surface area contributed by atoms with Crippen molar-refractivity contribution in [3.63, 3.8) is 0 Å². The second-order valence-electron chi connectivity index (χ2n) is 5.59. The molecule has 2 atom stereocenters. The molecule has 0 amide bonds. The van der Waals surface area contributed by atoms with E-state index in [0.29, 0.717) is 5.92 Å². The number of aliphatic hydroxyl groups is 1. The maximum Gasteiger partial charge on any atom is 0.135 e. The number of benzene rings is 1. The quantitative estimate of drug-likeness (QED) is 0.909. The molecular weight excluding hydrogens is 248 g/mol. The first kappa shape index (κ1) is 13.3. The second-order valence-corrected chi connectivity index (χ2v) is 5.59. The highest BCUT2D eigenvalue weighted by Crippen LogP contribution is 2.35. The van der Waals surface area contributed by atoms with Gasteiger partial charge in [0.15, 0.2) is 0 Å². The van der Waals surface area contributed by atoms with E-state index in [-0.39, 0.29) is 0 Å². The summed E-state index contributed by atoms with van der Waals surface area (Å²) in [5, 5.41) is 9.68. The number of nitrogens with zero attached hydrogens (tertiary/aromatic N) is 2. The summed E-state index contributed by atoms with van der Waals surface area (Å²) in [5.74, 6) is 1.18. The van der Waals surface area contributed by atoms with Crippen molar-refractivity contribution >= 4 is 0 Å². The first-order valence-corrected chi connectivity index (χ1v) is 7.26. The van der Waals surface area contributed by atoms with Crippen molar-refractivity contribution in [3.05, 3.63) is 58.7 Å². The van der Waals surface area contributed by atoms with E-state index in [1.165, 1.54) is 17.5 Å². The number of aryl methyl sites for hydroxylation is 2. The molecule has 1 aromatic heterocycles. The minimum absolute atomic E-state index is 0.293. The highest BCUT2D eigenvalue weighted by Gasteiger charge is 2.24. The Labute approximate surface area is 119 Å². The molecule has 0 saturated heterocycles. The van der Waals surface area contributed by atoms with Crippen LogP contribution in [0.4, 0.5) is 0 Å². The Balaban J connectivity index is 2.00. The second kappa shape index (κ2) is 5.33. The molecule has 0 saturated carbocycles. The van der Waals surface area contributed by atoms with E-state index in [1.54, 1.807) is 13.1 Å². The van der Waals surface area contributed by atoms with Gasteiger partial charge in [0.05, 0.1) is 6.10 Å². The zero-order valence-electron chi connectivity index (χ0n) is 12.0. The lowest BCUT2D eigenvalue weighted by Crippen LogP contribution is -2.15. The molecule has 1 aromatic carbocycles. The van der Waals surface area contributed by atoms with E-state index in [4.69, 9.17) is 0 Å². The van der Waals surface area contributed by atoms with Crippen LogP contribution >= 0.6 is 0 Å². The van der Waals surface area contributed by atoms with Gasteiger partial charge in [0, 0.05) is 23.4 Å². The molecule has 0 spiro atoms. The molecule has 20 heavy (non-hydrogen) atoms. The van der Waals surface area contributed by atoms with Gasteiger partial charge in [-0.05, 0) is 44.2 Å². The smallest absolute Gasteiger partial charge is 0.135 e.